The van der Waals surface area contributed by atoms with E-state index in [1.165, 1.54) is 10.5 Å². The fourth-order valence-electron chi connectivity index (χ4n) is 5.08. The number of carbonyl (C=O) groups excluding carboxylic acids is 2. The van der Waals surface area contributed by atoms with Gasteiger partial charge in [0.1, 0.15) is 0 Å². The molecular weight excluding hydrogens is 619 g/mol. The summed E-state index contributed by atoms with van der Waals surface area (Å²) in [6.45, 7) is 0.0639. The molecule has 1 aliphatic carbocycles. The Balaban J connectivity index is 1.40. The first-order chi connectivity index (χ1) is 22.0. The van der Waals surface area contributed by atoms with Crippen LogP contribution in [0.2, 0.25) is 0 Å². The van der Waals surface area contributed by atoms with Gasteiger partial charge in [-0.25, -0.2) is 9.78 Å². The summed E-state index contributed by atoms with van der Waals surface area (Å²) >= 11 is 0.951. The van der Waals surface area contributed by atoms with Crippen LogP contribution in [0.25, 0.3) is 15.8 Å². The van der Waals surface area contributed by atoms with Gasteiger partial charge in [0, 0.05) is 17.8 Å². The molecule has 0 unspecified atom stereocenters. The fourth-order valence-corrected chi connectivity index (χ4v) is 5.96. The van der Waals surface area contributed by atoms with E-state index in [-0.39, 0.29) is 30.2 Å². The van der Waals surface area contributed by atoms with Gasteiger partial charge in [-0.2, -0.15) is 18.4 Å². The van der Waals surface area contributed by atoms with E-state index in [0.29, 0.717) is 21.5 Å². The molecule has 0 aliphatic heterocycles. The number of nitriles is 1. The van der Waals surface area contributed by atoms with E-state index < -0.39 is 35.2 Å². The van der Waals surface area contributed by atoms with Crippen molar-refractivity contribution in [2.75, 3.05) is 16.8 Å². The highest BCUT2D eigenvalue weighted by Crippen LogP contribution is 2.37. The molecule has 3 amide bonds. The van der Waals surface area contributed by atoms with Crippen molar-refractivity contribution in [3.8, 4) is 6.07 Å². The lowest BCUT2D eigenvalue weighted by molar-refractivity contribution is -0.138. The average Bonchev–Trinajstić information content (AvgIpc) is 3.44. The summed E-state index contributed by atoms with van der Waals surface area (Å²) in [7, 11) is 0. The summed E-state index contributed by atoms with van der Waals surface area (Å²) in [6, 6.07) is 16.9. The lowest BCUT2D eigenvalue weighted by Crippen LogP contribution is -2.34. The van der Waals surface area contributed by atoms with Gasteiger partial charge in [0.2, 0.25) is 0 Å². The summed E-state index contributed by atoms with van der Waals surface area (Å²) in [5.41, 5.74) is 2.22. The summed E-state index contributed by atoms with van der Waals surface area (Å²) < 4.78 is 40.8. The van der Waals surface area contributed by atoms with Crippen molar-refractivity contribution < 1.29 is 32.7 Å². The summed E-state index contributed by atoms with van der Waals surface area (Å²) in [5.74, 6) is -1.46. The van der Waals surface area contributed by atoms with Crippen LogP contribution in [0.4, 0.5) is 28.8 Å². The summed E-state index contributed by atoms with van der Waals surface area (Å²) in [4.78, 5) is 42.4. The molecule has 46 heavy (non-hydrogen) atoms. The van der Waals surface area contributed by atoms with Crippen LogP contribution in [0.15, 0.2) is 66.7 Å². The van der Waals surface area contributed by atoms with Gasteiger partial charge < -0.3 is 10.4 Å². The van der Waals surface area contributed by atoms with Crippen LogP contribution in [-0.2, 0) is 17.5 Å². The van der Waals surface area contributed by atoms with Crippen LogP contribution in [0.1, 0.15) is 64.7 Å². The Bertz CT molecular complexity index is 1840. The maximum Gasteiger partial charge on any atom is 0.417 e. The number of nitrogens with zero attached hydrogens (tertiary/aromatic N) is 3. The minimum atomic E-state index is -4.74. The monoisotopic (exact) mass is 647 g/mol. The third-order valence-corrected chi connectivity index (χ3v) is 8.37. The maximum absolute atomic E-state index is 13.7. The van der Waals surface area contributed by atoms with Crippen molar-refractivity contribution in [1.82, 2.24) is 10.3 Å². The van der Waals surface area contributed by atoms with Gasteiger partial charge >= 0.3 is 18.2 Å². The molecule has 0 saturated carbocycles. The first kappa shape index (κ1) is 32.2. The van der Waals surface area contributed by atoms with Crippen molar-refractivity contribution in [3.63, 3.8) is 0 Å². The number of aliphatic carboxylic acids is 1. The molecule has 13 heteroatoms. The number of carboxylic acids is 1. The standard InChI is InChI=1S/C33H28F3N5O4S/c34-33(35,36)26-17-27-28(16-24(26)18-37)46-31(39-27)40-32(45)41(25-12-10-22(11-13-25)21-4-2-1-3-5-21)19-20-6-8-23(9-7-20)30(44)38-15-14-29(42)43/h4,6-13,16-17H,1-3,5,14-15,19H2,(H,38,44)(H,42,43)(H,39,40,45). The Kier molecular flexibility index (Phi) is 9.67. The predicted molar refractivity (Wildman–Crippen MR) is 168 cm³/mol. The number of carbonyl (C=O) groups is 3. The van der Waals surface area contributed by atoms with Crippen molar-refractivity contribution in [1.29, 1.82) is 5.26 Å². The molecule has 0 saturated heterocycles. The molecule has 0 atom stereocenters. The van der Waals surface area contributed by atoms with Gasteiger partial charge in [0.15, 0.2) is 5.13 Å². The second-order valence-electron chi connectivity index (χ2n) is 10.6. The zero-order valence-corrected chi connectivity index (χ0v) is 25.2. The first-order valence-electron chi connectivity index (χ1n) is 14.4. The molecule has 1 aromatic heterocycles. The van der Waals surface area contributed by atoms with Crippen LogP contribution in [0.5, 0.6) is 0 Å². The summed E-state index contributed by atoms with van der Waals surface area (Å²) in [5, 5.41) is 23.3. The summed E-state index contributed by atoms with van der Waals surface area (Å²) in [6.07, 6.45) is 1.52. The number of allylic oxidation sites excluding steroid dienone is 2. The number of halogens is 3. The number of alkyl halides is 3. The van der Waals surface area contributed by atoms with Gasteiger partial charge in [-0.05, 0) is 78.8 Å². The lowest BCUT2D eigenvalue weighted by atomic mass is 9.93. The number of hydrogen-bond donors (Lipinski definition) is 3. The van der Waals surface area contributed by atoms with E-state index in [1.807, 2.05) is 24.3 Å². The molecule has 0 spiro atoms. The quantitative estimate of drug-likeness (QED) is 0.171. The second kappa shape index (κ2) is 13.8. The molecule has 9 nitrogen and oxygen atoms in total. The minimum absolute atomic E-state index is 0.000467. The minimum Gasteiger partial charge on any atom is -0.481 e. The Hall–Kier alpha value is -5.22. The number of thiazole rings is 1. The van der Waals surface area contributed by atoms with Crippen LogP contribution < -0.4 is 15.5 Å². The molecule has 0 fully saturated rings. The number of hydrogen-bond acceptors (Lipinski definition) is 6. The molecule has 3 N–H and O–H groups in total. The highest BCUT2D eigenvalue weighted by molar-refractivity contribution is 7.22. The number of amides is 3. The van der Waals surface area contributed by atoms with Gasteiger partial charge in [-0.15, -0.1) is 0 Å². The number of rotatable bonds is 9. The Morgan fingerprint density at radius 2 is 1.78 bits per heavy atom. The van der Waals surface area contributed by atoms with Crippen LogP contribution >= 0.6 is 11.3 Å². The molecule has 0 radical (unpaired) electrons. The van der Waals surface area contributed by atoms with Crippen molar-refractivity contribution >= 4 is 55.9 Å². The Labute approximate surface area is 266 Å². The fraction of sp³-hybridized carbons (Fsp3) is 0.242. The Morgan fingerprint density at radius 1 is 1.04 bits per heavy atom. The number of aromatic nitrogens is 1. The first-order valence-corrected chi connectivity index (χ1v) is 15.2. The second-order valence-corrected chi connectivity index (χ2v) is 11.7. The number of nitrogens with one attached hydrogen (secondary N) is 2. The van der Waals surface area contributed by atoms with E-state index in [0.717, 1.165) is 54.7 Å². The number of benzene rings is 3. The van der Waals surface area contributed by atoms with Crippen LogP contribution in [-0.4, -0.2) is 34.5 Å². The van der Waals surface area contributed by atoms with Gasteiger partial charge in [0.25, 0.3) is 5.91 Å². The largest absolute Gasteiger partial charge is 0.481 e. The highest BCUT2D eigenvalue weighted by atomic mass is 32.1. The zero-order chi connectivity index (χ0) is 32.8. The van der Waals surface area contributed by atoms with E-state index in [2.05, 4.69) is 21.7 Å². The van der Waals surface area contributed by atoms with Crippen molar-refractivity contribution in [2.24, 2.45) is 0 Å². The van der Waals surface area contributed by atoms with E-state index in [4.69, 9.17) is 5.11 Å². The Morgan fingerprint density at radius 3 is 2.41 bits per heavy atom. The molecule has 0 bridgehead atoms. The third kappa shape index (κ3) is 7.70. The number of anilines is 2. The molecule has 3 aromatic carbocycles. The predicted octanol–water partition coefficient (Wildman–Crippen LogP) is 7.59. The lowest BCUT2D eigenvalue weighted by Gasteiger charge is -2.23. The van der Waals surface area contributed by atoms with Crippen LogP contribution in [0.3, 0.4) is 0 Å². The molecule has 1 aliphatic rings. The number of carboxylic acid groups (broad SMARTS) is 1. The maximum atomic E-state index is 13.7. The molecule has 236 valence electrons. The van der Waals surface area contributed by atoms with E-state index in [9.17, 15) is 32.8 Å². The van der Waals surface area contributed by atoms with Gasteiger partial charge in [-0.1, -0.05) is 41.7 Å². The van der Waals surface area contributed by atoms with Gasteiger partial charge in [0.05, 0.1) is 40.4 Å². The molecular formula is C33H28F3N5O4S. The molecule has 5 rings (SSSR count). The average molecular weight is 648 g/mol. The molecule has 4 aromatic rings. The van der Waals surface area contributed by atoms with Crippen LogP contribution in [0, 0.1) is 11.3 Å². The highest BCUT2D eigenvalue weighted by Gasteiger charge is 2.34. The van der Waals surface area contributed by atoms with E-state index in [1.54, 1.807) is 30.3 Å². The zero-order valence-electron chi connectivity index (χ0n) is 24.4. The normalized spacial score (nSPS) is 13.0. The smallest absolute Gasteiger partial charge is 0.417 e. The van der Waals surface area contributed by atoms with Gasteiger partial charge in [-0.3, -0.25) is 19.8 Å². The third-order valence-electron chi connectivity index (χ3n) is 7.43. The SMILES string of the molecule is N#Cc1cc2sc(NC(=O)N(Cc3ccc(C(=O)NCCC(=O)O)cc3)c3ccc(C4=CCCCC4)cc3)nc2cc1C(F)(F)F. The topological polar surface area (TPSA) is 135 Å². The van der Waals surface area contributed by atoms with Crippen molar-refractivity contribution in [2.45, 2.75) is 44.8 Å². The number of urea groups is 1. The van der Waals surface area contributed by atoms with E-state index >= 15 is 0 Å². The van der Waals surface area contributed by atoms with Crippen molar-refractivity contribution in [3.05, 3.63) is 94.6 Å². The number of fused-ring (bicyclic) bond motifs is 1. The molecule has 1 heterocycles.